The van der Waals surface area contributed by atoms with Crippen LogP contribution in [-0.2, 0) is 22.5 Å². The van der Waals surface area contributed by atoms with E-state index in [0.717, 1.165) is 37.0 Å². The van der Waals surface area contributed by atoms with Crippen molar-refractivity contribution in [3.05, 3.63) is 17.5 Å². The summed E-state index contributed by atoms with van der Waals surface area (Å²) in [4.78, 5) is 14.0. The lowest BCUT2D eigenvalue weighted by molar-refractivity contribution is 0.0184. The van der Waals surface area contributed by atoms with Crippen molar-refractivity contribution in [1.82, 2.24) is 14.7 Å². The maximum Gasteiger partial charge on any atom is 0.410 e. The Morgan fingerprint density at radius 1 is 1.21 bits per heavy atom. The molecule has 1 aromatic heterocycles. The Kier molecular flexibility index (Phi) is 5.83. The van der Waals surface area contributed by atoms with Gasteiger partial charge in [0.05, 0.1) is 12.2 Å². The van der Waals surface area contributed by atoms with Crippen LogP contribution < -0.4 is 0 Å². The molecule has 1 atom stereocenters. The SMILES string of the molecule is CC(C)(C)OC(=O)N1CCC(n2ncc3c2CC/C3=N/[S+]([O-])C(C)(C)C)CC1. The fourth-order valence-electron chi connectivity index (χ4n) is 3.52. The smallest absolute Gasteiger partial charge is 0.410 e. The molecule has 1 amide bonds. The highest BCUT2D eigenvalue weighted by Crippen LogP contribution is 2.31. The summed E-state index contributed by atoms with van der Waals surface area (Å²) >= 11 is -1.26. The molecule has 0 N–H and O–H groups in total. The number of aromatic nitrogens is 2. The van der Waals surface area contributed by atoms with Crippen LogP contribution in [0.25, 0.3) is 0 Å². The second-order valence-electron chi connectivity index (χ2n) is 9.55. The van der Waals surface area contributed by atoms with Crippen molar-refractivity contribution >= 4 is 23.2 Å². The maximum atomic E-state index is 12.4. The molecule has 0 radical (unpaired) electrons. The van der Waals surface area contributed by atoms with Crippen molar-refractivity contribution in [2.75, 3.05) is 13.1 Å². The van der Waals surface area contributed by atoms with Crippen LogP contribution in [0.15, 0.2) is 10.6 Å². The van der Waals surface area contributed by atoms with Crippen LogP contribution in [-0.4, -0.2) is 54.5 Å². The molecule has 2 aliphatic rings. The van der Waals surface area contributed by atoms with Crippen LogP contribution in [0.4, 0.5) is 4.79 Å². The van der Waals surface area contributed by atoms with Crippen LogP contribution in [0.3, 0.4) is 0 Å². The van der Waals surface area contributed by atoms with Gasteiger partial charge in [0.15, 0.2) is 0 Å². The number of likely N-dealkylation sites (tertiary alicyclic amines) is 1. The Labute approximate surface area is 170 Å². The van der Waals surface area contributed by atoms with E-state index in [1.54, 1.807) is 4.90 Å². The number of rotatable bonds is 2. The van der Waals surface area contributed by atoms with E-state index >= 15 is 0 Å². The van der Waals surface area contributed by atoms with Gasteiger partial charge in [0, 0.05) is 30.8 Å². The number of piperidine rings is 1. The molecule has 0 saturated carbocycles. The number of ether oxygens (including phenoxy) is 1. The van der Waals surface area contributed by atoms with E-state index in [2.05, 4.69) is 14.2 Å². The van der Waals surface area contributed by atoms with Crippen LogP contribution in [0.5, 0.6) is 0 Å². The molecule has 7 nitrogen and oxygen atoms in total. The van der Waals surface area contributed by atoms with Crippen molar-refractivity contribution in [2.45, 2.75) is 83.6 Å². The number of nitrogens with zero attached hydrogens (tertiary/aromatic N) is 4. The lowest BCUT2D eigenvalue weighted by Gasteiger charge is -2.34. The number of carbonyl (C=O) groups is 1. The van der Waals surface area contributed by atoms with E-state index < -0.39 is 17.0 Å². The molecule has 28 heavy (non-hydrogen) atoms. The number of amides is 1. The van der Waals surface area contributed by atoms with Gasteiger partial charge in [-0.25, -0.2) is 4.79 Å². The van der Waals surface area contributed by atoms with Crippen molar-refractivity contribution < 1.29 is 14.1 Å². The Morgan fingerprint density at radius 3 is 2.43 bits per heavy atom. The first-order chi connectivity index (χ1) is 13.0. The van der Waals surface area contributed by atoms with Gasteiger partial charge < -0.3 is 14.2 Å². The summed E-state index contributed by atoms with van der Waals surface area (Å²) in [6.07, 6.45) is 5.02. The third kappa shape index (κ3) is 4.71. The van der Waals surface area contributed by atoms with Gasteiger partial charge >= 0.3 is 6.09 Å². The number of fused-ring (bicyclic) bond motifs is 1. The molecule has 3 rings (SSSR count). The average Bonchev–Trinajstić information content (AvgIpc) is 3.15. The van der Waals surface area contributed by atoms with Gasteiger partial charge in [-0.05, 0) is 60.8 Å². The monoisotopic (exact) mass is 408 g/mol. The first-order valence-corrected chi connectivity index (χ1v) is 11.1. The van der Waals surface area contributed by atoms with E-state index in [1.807, 2.05) is 47.7 Å². The summed E-state index contributed by atoms with van der Waals surface area (Å²) in [5.41, 5.74) is 2.65. The highest BCUT2D eigenvalue weighted by Gasteiger charge is 2.33. The third-order valence-corrected chi connectivity index (χ3v) is 6.42. The van der Waals surface area contributed by atoms with Gasteiger partial charge in [-0.1, -0.05) is 4.40 Å². The predicted octanol–water partition coefficient (Wildman–Crippen LogP) is 3.65. The van der Waals surface area contributed by atoms with Crippen molar-refractivity contribution in [1.29, 1.82) is 0 Å². The number of hydrogen-bond donors (Lipinski definition) is 0. The fraction of sp³-hybridized carbons (Fsp3) is 0.750. The van der Waals surface area contributed by atoms with Gasteiger partial charge in [-0.15, -0.1) is 0 Å². The summed E-state index contributed by atoms with van der Waals surface area (Å²) in [5.74, 6) is 0. The average molecular weight is 409 g/mol. The lowest BCUT2D eigenvalue weighted by atomic mass is 10.1. The number of carbonyl (C=O) groups excluding carboxylic acids is 1. The molecule has 156 valence electrons. The first-order valence-electron chi connectivity index (χ1n) is 10.00. The minimum atomic E-state index is -1.26. The van der Waals surface area contributed by atoms with Gasteiger partial charge in [0.1, 0.15) is 27.4 Å². The standard InChI is InChI=1S/C20H32N4O3S/c1-19(2,3)27-18(25)23-11-9-14(10-12-23)24-17-8-7-16(15(17)13-21-24)22-28(26)20(4,5)6/h13-14H,7-12H2,1-6H3/b22-16-. The second kappa shape index (κ2) is 7.71. The Hall–Kier alpha value is -1.54. The van der Waals surface area contributed by atoms with Crippen LogP contribution in [0.1, 0.15) is 78.1 Å². The highest BCUT2D eigenvalue weighted by atomic mass is 32.2. The summed E-state index contributed by atoms with van der Waals surface area (Å²) in [6, 6.07) is 0.273. The largest absolute Gasteiger partial charge is 0.591 e. The summed E-state index contributed by atoms with van der Waals surface area (Å²) in [6.45, 7) is 12.8. The molecule has 1 unspecified atom stereocenters. The van der Waals surface area contributed by atoms with E-state index in [9.17, 15) is 9.35 Å². The zero-order chi connectivity index (χ0) is 20.7. The summed E-state index contributed by atoms with van der Waals surface area (Å²) in [7, 11) is 0. The second-order valence-corrected chi connectivity index (χ2v) is 11.5. The van der Waals surface area contributed by atoms with E-state index in [1.165, 1.54) is 5.69 Å². The minimum Gasteiger partial charge on any atom is -0.591 e. The topological polar surface area (TPSA) is 82.8 Å². The summed E-state index contributed by atoms with van der Waals surface area (Å²) < 4.78 is 24.1. The van der Waals surface area contributed by atoms with Crippen molar-refractivity contribution in [3.8, 4) is 0 Å². The number of hydrogen-bond acceptors (Lipinski definition) is 5. The van der Waals surface area contributed by atoms with E-state index in [4.69, 9.17) is 4.74 Å². The lowest BCUT2D eigenvalue weighted by Crippen LogP contribution is -2.42. The highest BCUT2D eigenvalue weighted by molar-refractivity contribution is 7.91. The quantitative estimate of drug-likeness (QED) is 0.699. The normalized spacial score (nSPS) is 21.1. The van der Waals surface area contributed by atoms with Gasteiger partial charge in [0.2, 0.25) is 0 Å². The van der Waals surface area contributed by atoms with Gasteiger partial charge in [0.25, 0.3) is 0 Å². The fourth-order valence-corrected chi connectivity index (χ4v) is 4.18. The first kappa shape index (κ1) is 21.2. The van der Waals surface area contributed by atoms with Crippen molar-refractivity contribution in [2.24, 2.45) is 4.40 Å². The van der Waals surface area contributed by atoms with Gasteiger partial charge in [-0.3, -0.25) is 4.68 Å². The van der Waals surface area contributed by atoms with Gasteiger partial charge in [-0.2, -0.15) is 5.10 Å². The predicted molar refractivity (Wildman–Crippen MR) is 111 cm³/mol. The Morgan fingerprint density at radius 2 is 1.86 bits per heavy atom. The molecule has 0 bridgehead atoms. The Balaban J connectivity index is 1.66. The molecular weight excluding hydrogens is 376 g/mol. The summed E-state index contributed by atoms with van der Waals surface area (Å²) in [5, 5.41) is 4.61. The molecule has 2 heterocycles. The molecule has 1 aliphatic carbocycles. The molecule has 1 aliphatic heterocycles. The van der Waals surface area contributed by atoms with E-state index in [-0.39, 0.29) is 16.9 Å². The molecule has 0 spiro atoms. The molecule has 8 heteroatoms. The Bertz CT molecular complexity index is 752. The van der Waals surface area contributed by atoms with Crippen LogP contribution >= 0.6 is 0 Å². The minimum absolute atomic E-state index is 0.240. The zero-order valence-electron chi connectivity index (χ0n) is 17.8. The molecule has 0 aromatic carbocycles. The third-order valence-electron chi connectivity index (χ3n) is 4.99. The molecular formula is C20H32N4O3S. The van der Waals surface area contributed by atoms with Crippen molar-refractivity contribution in [3.63, 3.8) is 0 Å². The molecule has 1 aromatic rings. The maximum absolute atomic E-state index is 12.4. The van der Waals surface area contributed by atoms with E-state index in [0.29, 0.717) is 13.1 Å². The molecule has 1 fully saturated rings. The zero-order valence-corrected chi connectivity index (χ0v) is 18.6. The van der Waals surface area contributed by atoms with Crippen LogP contribution in [0.2, 0.25) is 0 Å². The molecule has 1 saturated heterocycles. The van der Waals surface area contributed by atoms with Crippen LogP contribution in [0, 0.1) is 0 Å².